The molecule has 0 aromatic heterocycles. The van der Waals surface area contributed by atoms with Crippen LogP contribution in [-0.4, -0.2) is 55.3 Å². The number of carbonyl (C=O) groups is 4. The van der Waals surface area contributed by atoms with Gasteiger partial charge in [0.2, 0.25) is 0 Å². The molecule has 84 valence electrons. The van der Waals surface area contributed by atoms with Gasteiger partial charge >= 0.3 is 75.3 Å². The predicted octanol–water partition coefficient (Wildman–Crippen LogP) is -6.33. The number of hydrogen-bond donors (Lipinski definition) is 4. The van der Waals surface area contributed by atoms with Crippen LogP contribution in [-0.2, 0) is 19.2 Å². The van der Waals surface area contributed by atoms with E-state index in [0.29, 0.717) is 0 Å². The molecule has 0 aromatic carbocycles. The maximum atomic E-state index is 9.10. The number of rotatable bonds is 0. The third kappa shape index (κ3) is 31.8. The standard InChI is InChI=1S/2C2H2O4.K.2H2O/c2*3-1(4)2(5)6;;;/h2*(H,3,4)(H,5,6);;2*1H2/q;;+1;;. The van der Waals surface area contributed by atoms with Crippen LogP contribution in [0.5, 0.6) is 0 Å². The van der Waals surface area contributed by atoms with Crippen molar-refractivity contribution in [1.29, 1.82) is 0 Å². The van der Waals surface area contributed by atoms with Crippen LogP contribution in [0.25, 0.3) is 0 Å². The van der Waals surface area contributed by atoms with Crippen LogP contribution < -0.4 is 51.4 Å². The molecule has 0 bridgehead atoms. The molecule has 0 aromatic rings. The van der Waals surface area contributed by atoms with Crippen molar-refractivity contribution in [1.82, 2.24) is 0 Å². The molecule has 0 amide bonds. The van der Waals surface area contributed by atoms with Crippen molar-refractivity contribution in [2.45, 2.75) is 0 Å². The summed E-state index contributed by atoms with van der Waals surface area (Å²) in [5, 5.41) is 29.6. The van der Waals surface area contributed by atoms with Crippen LogP contribution >= 0.6 is 0 Å². The van der Waals surface area contributed by atoms with Crippen molar-refractivity contribution in [3.63, 3.8) is 0 Å². The molecular formula is C4H8KO10+. The van der Waals surface area contributed by atoms with Crippen LogP contribution in [0.2, 0.25) is 0 Å². The van der Waals surface area contributed by atoms with E-state index in [4.69, 9.17) is 39.6 Å². The summed E-state index contributed by atoms with van der Waals surface area (Å²) in [5.74, 6) is -7.30. The molecule has 0 saturated carbocycles. The van der Waals surface area contributed by atoms with Gasteiger partial charge in [-0.05, 0) is 0 Å². The second kappa shape index (κ2) is 15.9. The van der Waals surface area contributed by atoms with Gasteiger partial charge in [0.25, 0.3) is 0 Å². The van der Waals surface area contributed by atoms with Crippen molar-refractivity contribution < 1.29 is 102 Å². The van der Waals surface area contributed by atoms with Gasteiger partial charge in [0, 0.05) is 0 Å². The quantitative estimate of drug-likeness (QED) is 0.240. The van der Waals surface area contributed by atoms with E-state index >= 15 is 0 Å². The summed E-state index contributed by atoms with van der Waals surface area (Å²) in [5.41, 5.74) is 0. The van der Waals surface area contributed by atoms with Crippen molar-refractivity contribution in [2.75, 3.05) is 0 Å². The summed E-state index contributed by atoms with van der Waals surface area (Å²) in [6.07, 6.45) is 0. The number of hydrogen-bond acceptors (Lipinski definition) is 4. The molecule has 0 aliphatic heterocycles. The van der Waals surface area contributed by atoms with Crippen LogP contribution in [0.4, 0.5) is 0 Å². The van der Waals surface area contributed by atoms with Gasteiger partial charge < -0.3 is 31.4 Å². The second-order valence-corrected chi connectivity index (χ2v) is 1.22. The minimum atomic E-state index is -1.82. The normalized spacial score (nSPS) is 5.87. The first-order valence-electron chi connectivity index (χ1n) is 2.21. The summed E-state index contributed by atoms with van der Waals surface area (Å²) in [7, 11) is 0. The largest absolute Gasteiger partial charge is 1.00 e. The van der Waals surface area contributed by atoms with Crippen LogP contribution in [0.15, 0.2) is 0 Å². The summed E-state index contributed by atoms with van der Waals surface area (Å²) < 4.78 is 0. The smallest absolute Gasteiger partial charge is 0.473 e. The topological polar surface area (TPSA) is 212 Å². The van der Waals surface area contributed by atoms with E-state index < -0.39 is 23.9 Å². The van der Waals surface area contributed by atoms with Crippen molar-refractivity contribution in [3.05, 3.63) is 0 Å². The molecule has 0 atom stereocenters. The van der Waals surface area contributed by atoms with Crippen molar-refractivity contribution >= 4 is 23.9 Å². The summed E-state index contributed by atoms with van der Waals surface area (Å²) >= 11 is 0. The maximum Gasteiger partial charge on any atom is 1.00 e. The fourth-order valence-corrected chi connectivity index (χ4v) is 0. The fourth-order valence-electron chi connectivity index (χ4n) is 0. The Labute approximate surface area is 125 Å². The molecule has 11 heteroatoms. The van der Waals surface area contributed by atoms with E-state index in [1.165, 1.54) is 0 Å². The number of carboxylic acids is 4. The first-order valence-corrected chi connectivity index (χ1v) is 2.21. The van der Waals surface area contributed by atoms with Crippen molar-refractivity contribution in [2.24, 2.45) is 0 Å². The van der Waals surface area contributed by atoms with Gasteiger partial charge in [0.1, 0.15) is 0 Å². The minimum absolute atomic E-state index is 0. The fraction of sp³-hybridized carbons (Fsp3) is 0. The molecule has 0 saturated heterocycles. The Bertz CT molecular complexity index is 173. The van der Waals surface area contributed by atoms with Gasteiger partial charge in [-0.2, -0.15) is 0 Å². The van der Waals surface area contributed by atoms with E-state index in [2.05, 4.69) is 0 Å². The zero-order valence-electron chi connectivity index (χ0n) is 7.42. The molecule has 0 rings (SSSR count). The Kier molecular flexibility index (Phi) is 31.0. The van der Waals surface area contributed by atoms with E-state index in [1.807, 2.05) is 0 Å². The molecule has 0 unspecified atom stereocenters. The average Bonchev–Trinajstić information content (AvgIpc) is 1.88. The molecule has 15 heavy (non-hydrogen) atoms. The second-order valence-electron chi connectivity index (χ2n) is 1.22. The molecule has 0 radical (unpaired) electrons. The molecule has 0 spiro atoms. The van der Waals surface area contributed by atoms with Gasteiger partial charge in [0.05, 0.1) is 0 Å². The van der Waals surface area contributed by atoms with E-state index in [0.717, 1.165) is 0 Å². The Morgan fingerprint density at radius 1 is 0.533 bits per heavy atom. The van der Waals surface area contributed by atoms with Gasteiger partial charge in [-0.15, -0.1) is 0 Å². The number of carboxylic acid groups (broad SMARTS) is 4. The van der Waals surface area contributed by atoms with Crippen LogP contribution in [0.3, 0.4) is 0 Å². The Hall–Kier alpha value is -0.564. The van der Waals surface area contributed by atoms with Gasteiger partial charge in [-0.1, -0.05) is 0 Å². The Morgan fingerprint density at radius 3 is 0.600 bits per heavy atom. The molecule has 0 aliphatic rings. The van der Waals surface area contributed by atoms with Gasteiger partial charge in [-0.3, -0.25) is 0 Å². The Balaban J connectivity index is -0.0000000370. The third-order valence-corrected chi connectivity index (χ3v) is 0.366. The average molecular weight is 255 g/mol. The van der Waals surface area contributed by atoms with Crippen LogP contribution in [0, 0.1) is 0 Å². The first kappa shape index (κ1) is 29.3. The van der Waals surface area contributed by atoms with Crippen molar-refractivity contribution in [3.8, 4) is 0 Å². The van der Waals surface area contributed by atoms with Crippen LogP contribution in [0.1, 0.15) is 0 Å². The van der Waals surface area contributed by atoms with Gasteiger partial charge in [0.15, 0.2) is 0 Å². The summed E-state index contributed by atoms with van der Waals surface area (Å²) in [6.45, 7) is 0. The molecule has 0 fully saturated rings. The van der Waals surface area contributed by atoms with E-state index in [1.54, 1.807) is 0 Å². The molecule has 0 heterocycles. The predicted molar refractivity (Wildman–Crippen MR) is 37.8 cm³/mol. The summed E-state index contributed by atoms with van der Waals surface area (Å²) in [4.78, 5) is 36.4. The van der Waals surface area contributed by atoms with Gasteiger partial charge in [-0.25, -0.2) is 19.2 Å². The maximum absolute atomic E-state index is 9.10. The number of aliphatic carboxylic acids is 4. The van der Waals surface area contributed by atoms with E-state index in [9.17, 15) is 0 Å². The summed E-state index contributed by atoms with van der Waals surface area (Å²) in [6, 6.07) is 0. The molecule has 0 aliphatic carbocycles. The zero-order valence-corrected chi connectivity index (χ0v) is 10.5. The third-order valence-electron chi connectivity index (χ3n) is 0.366. The SMILES string of the molecule is O.O.O=C(O)C(=O)O.O=C(O)C(=O)O.[K+]. The zero-order chi connectivity index (χ0) is 10.3. The minimum Gasteiger partial charge on any atom is -0.473 e. The monoisotopic (exact) mass is 255 g/mol. The first-order chi connectivity index (χ1) is 5.29. The molecule has 10 nitrogen and oxygen atoms in total. The Morgan fingerprint density at radius 2 is 0.600 bits per heavy atom. The molecular weight excluding hydrogens is 247 g/mol. The molecule has 8 N–H and O–H groups in total. The van der Waals surface area contributed by atoms with E-state index in [-0.39, 0.29) is 62.3 Å².